The van der Waals surface area contributed by atoms with Gasteiger partial charge in [-0.3, -0.25) is 0 Å². The molecule has 0 fully saturated rings. The molecule has 0 spiro atoms. The molecule has 0 aliphatic carbocycles. The van der Waals surface area contributed by atoms with Gasteiger partial charge in [-0.15, -0.1) is 0 Å². The number of nitrogens with one attached hydrogen (secondary N) is 1. The molecule has 1 heterocycles. The standard InChI is InChI=1S/C13H20N2O3/c1-15-13(10(16)8-14)9-3-4-11-12(7-9)18-6-2-5-17-11/h3-4,7,10,13,15-16H,2,5-6,8,14H2,1H3. The number of aliphatic hydroxyl groups is 1. The third kappa shape index (κ3) is 2.75. The highest BCUT2D eigenvalue weighted by Crippen LogP contribution is 2.32. The van der Waals surface area contributed by atoms with Gasteiger partial charge in [0.1, 0.15) is 0 Å². The molecule has 1 aliphatic rings. The summed E-state index contributed by atoms with van der Waals surface area (Å²) in [5.74, 6) is 1.49. The van der Waals surface area contributed by atoms with Crippen molar-refractivity contribution in [3.05, 3.63) is 23.8 Å². The van der Waals surface area contributed by atoms with Gasteiger partial charge in [-0.05, 0) is 24.7 Å². The molecule has 5 heteroatoms. The first-order valence-corrected chi connectivity index (χ1v) is 6.21. The van der Waals surface area contributed by atoms with Gasteiger partial charge in [0.05, 0.1) is 25.4 Å². The Bertz CT molecular complexity index is 398. The quantitative estimate of drug-likeness (QED) is 0.724. The van der Waals surface area contributed by atoms with E-state index in [1.54, 1.807) is 7.05 Å². The molecule has 0 radical (unpaired) electrons. The third-order valence-electron chi connectivity index (χ3n) is 3.07. The van der Waals surface area contributed by atoms with Crippen molar-refractivity contribution in [2.24, 2.45) is 5.73 Å². The zero-order valence-corrected chi connectivity index (χ0v) is 10.6. The minimum atomic E-state index is -0.625. The molecule has 0 aromatic heterocycles. The van der Waals surface area contributed by atoms with E-state index in [4.69, 9.17) is 15.2 Å². The van der Waals surface area contributed by atoms with Gasteiger partial charge in [0, 0.05) is 13.0 Å². The molecule has 0 saturated carbocycles. The molecule has 18 heavy (non-hydrogen) atoms. The van der Waals surface area contributed by atoms with Crippen LogP contribution in [0.15, 0.2) is 18.2 Å². The fourth-order valence-electron chi connectivity index (χ4n) is 2.09. The van der Waals surface area contributed by atoms with Gasteiger partial charge >= 0.3 is 0 Å². The number of aliphatic hydroxyl groups excluding tert-OH is 1. The fourth-order valence-corrected chi connectivity index (χ4v) is 2.09. The van der Waals surface area contributed by atoms with Crippen molar-refractivity contribution in [3.8, 4) is 11.5 Å². The average molecular weight is 252 g/mol. The SMILES string of the molecule is CNC(c1ccc2c(c1)OCCCO2)C(O)CN. The molecule has 1 aliphatic heterocycles. The van der Waals surface area contributed by atoms with E-state index in [2.05, 4.69) is 5.32 Å². The number of hydrogen-bond acceptors (Lipinski definition) is 5. The maximum atomic E-state index is 9.87. The van der Waals surface area contributed by atoms with E-state index in [0.717, 1.165) is 23.5 Å². The van der Waals surface area contributed by atoms with Crippen LogP contribution in [0.4, 0.5) is 0 Å². The second kappa shape index (κ2) is 6.04. The van der Waals surface area contributed by atoms with E-state index in [1.807, 2.05) is 18.2 Å². The lowest BCUT2D eigenvalue weighted by Crippen LogP contribution is -2.34. The molecule has 2 rings (SSSR count). The van der Waals surface area contributed by atoms with Gasteiger partial charge in [-0.2, -0.15) is 0 Å². The lowest BCUT2D eigenvalue weighted by Gasteiger charge is -2.22. The van der Waals surface area contributed by atoms with E-state index in [1.165, 1.54) is 0 Å². The highest BCUT2D eigenvalue weighted by Gasteiger charge is 2.20. The summed E-state index contributed by atoms with van der Waals surface area (Å²) in [5.41, 5.74) is 6.45. The third-order valence-corrected chi connectivity index (χ3v) is 3.07. The predicted octanol–water partition coefficient (Wildman–Crippen LogP) is 0.428. The minimum Gasteiger partial charge on any atom is -0.490 e. The van der Waals surface area contributed by atoms with Crippen LogP contribution < -0.4 is 20.5 Å². The molecule has 0 saturated heterocycles. The molecule has 1 aromatic carbocycles. The fraction of sp³-hybridized carbons (Fsp3) is 0.538. The van der Waals surface area contributed by atoms with Gasteiger partial charge in [0.15, 0.2) is 11.5 Å². The number of hydrogen-bond donors (Lipinski definition) is 3. The Kier molecular flexibility index (Phi) is 4.41. The van der Waals surface area contributed by atoms with Crippen LogP contribution in [0.25, 0.3) is 0 Å². The molecular weight excluding hydrogens is 232 g/mol. The van der Waals surface area contributed by atoms with Crippen molar-refractivity contribution in [2.45, 2.75) is 18.6 Å². The first kappa shape index (κ1) is 13.1. The maximum Gasteiger partial charge on any atom is 0.161 e. The van der Waals surface area contributed by atoms with E-state index in [9.17, 15) is 5.11 Å². The second-order valence-electron chi connectivity index (χ2n) is 4.33. The summed E-state index contributed by atoms with van der Waals surface area (Å²) in [4.78, 5) is 0. The largest absolute Gasteiger partial charge is 0.490 e. The highest BCUT2D eigenvalue weighted by molar-refractivity contribution is 5.44. The Morgan fingerprint density at radius 2 is 2.06 bits per heavy atom. The smallest absolute Gasteiger partial charge is 0.161 e. The number of fused-ring (bicyclic) bond motifs is 1. The van der Waals surface area contributed by atoms with Crippen LogP contribution in [0.1, 0.15) is 18.0 Å². The topological polar surface area (TPSA) is 76.7 Å². The predicted molar refractivity (Wildman–Crippen MR) is 68.9 cm³/mol. The van der Waals surface area contributed by atoms with Crippen LogP contribution in [0.2, 0.25) is 0 Å². The number of nitrogens with two attached hydrogens (primary N) is 1. The summed E-state index contributed by atoms with van der Waals surface area (Å²) in [6.07, 6.45) is 0.255. The van der Waals surface area contributed by atoms with E-state index in [-0.39, 0.29) is 12.6 Å². The Morgan fingerprint density at radius 3 is 2.72 bits per heavy atom. The number of rotatable bonds is 4. The van der Waals surface area contributed by atoms with Crippen molar-refractivity contribution in [1.29, 1.82) is 0 Å². The monoisotopic (exact) mass is 252 g/mol. The van der Waals surface area contributed by atoms with Crippen LogP contribution in [0.3, 0.4) is 0 Å². The number of likely N-dealkylation sites (N-methyl/N-ethyl adjacent to an activating group) is 1. The van der Waals surface area contributed by atoms with E-state index < -0.39 is 6.10 Å². The van der Waals surface area contributed by atoms with Gasteiger partial charge in [-0.1, -0.05) is 6.07 Å². The van der Waals surface area contributed by atoms with Crippen LogP contribution in [0.5, 0.6) is 11.5 Å². The molecule has 2 unspecified atom stereocenters. The van der Waals surface area contributed by atoms with Gasteiger partial charge < -0.3 is 25.6 Å². The Morgan fingerprint density at radius 1 is 1.33 bits per heavy atom. The Hall–Kier alpha value is -1.30. The Labute approximate surface area is 107 Å². The summed E-state index contributed by atoms with van der Waals surface area (Å²) >= 11 is 0. The summed E-state index contributed by atoms with van der Waals surface area (Å²) < 4.78 is 11.2. The lowest BCUT2D eigenvalue weighted by molar-refractivity contribution is 0.139. The summed E-state index contributed by atoms with van der Waals surface area (Å²) in [5, 5.41) is 12.9. The van der Waals surface area contributed by atoms with Crippen molar-refractivity contribution >= 4 is 0 Å². The van der Waals surface area contributed by atoms with E-state index in [0.29, 0.717) is 13.2 Å². The van der Waals surface area contributed by atoms with Crippen molar-refractivity contribution < 1.29 is 14.6 Å². The molecular formula is C13H20N2O3. The minimum absolute atomic E-state index is 0.202. The van der Waals surface area contributed by atoms with Gasteiger partial charge in [0.25, 0.3) is 0 Å². The molecule has 0 bridgehead atoms. The number of ether oxygens (including phenoxy) is 2. The normalized spacial score (nSPS) is 17.9. The highest BCUT2D eigenvalue weighted by atomic mass is 16.5. The number of benzene rings is 1. The Balaban J connectivity index is 2.26. The molecule has 2 atom stereocenters. The zero-order chi connectivity index (χ0) is 13.0. The average Bonchev–Trinajstić information content (AvgIpc) is 2.64. The van der Waals surface area contributed by atoms with Gasteiger partial charge in [-0.25, -0.2) is 0 Å². The van der Waals surface area contributed by atoms with E-state index >= 15 is 0 Å². The van der Waals surface area contributed by atoms with Crippen LogP contribution in [-0.4, -0.2) is 38.0 Å². The molecule has 1 aromatic rings. The van der Waals surface area contributed by atoms with Gasteiger partial charge in [0.2, 0.25) is 0 Å². The second-order valence-corrected chi connectivity index (χ2v) is 4.33. The van der Waals surface area contributed by atoms with Crippen molar-refractivity contribution in [3.63, 3.8) is 0 Å². The summed E-state index contributed by atoms with van der Waals surface area (Å²) in [6, 6.07) is 5.50. The van der Waals surface area contributed by atoms with Crippen molar-refractivity contribution in [2.75, 3.05) is 26.8 Å². The van der Waals surface area contributed by atoms with Crippen LogP contribution in [-0.2, 0) is 0 Å². The van der Waals surface area contributed by atoms with Crippen LogP contribution in [0, 0.1) is 0 Å². The zero-order valence-electron chi connectivity index (χ0n) is 10.6. The molecule has 0 amide bonds. The molecule has 100 valence electrons. The molecule has 5 nitrogen and oxygen atoms in total. The maximum absolute atomic E-state index is 9.87. The first-order valence-electron chi connectivity index (χ1n) is 6.21. The lowest BCUT2D eigenvalue weighted by atomic mass is 10.0. The van der Waals surface area contributed by atoms with Crippen molar-refractivity contribution in [1.82, 2.24) is 5.32 Å². The first-order chi connectivity index (χ1) is 8.76. The summed E-state index contributed by atoms with van der Waals surface area (Å²) in [7, 11) is 1.80. The van der Waals surface area contributed by atoms with Crippen LogP contribution >= 0.6 is 0 Å². The molecule has 4 N–H and O–H groups in total. The summed E-state index contributed by atoms with van der Waals surface area (Å²) in [6.45, 7) is 1.54.